The number of rotatable bonds is 10. The van der Waals surface area contributed by atoms with Crippen LogP contribution < -0.4 is 15.4 Å². The van der Waals surface area contributed by atoms with Crippen molar-refractivity contribution in [1.82, 2.24) is 15.1 Å². The van der Waals surface area contributed by atoms with Gasteiger partial charge in [0, 0.05) is 37.4 Å². The van der Waals surface area contributed by atoms with Crippen molar-refractivity contribution in [2.75, 3.05) is 25.0 Å². The topological polar surface area (TPSA) is 73.9 Å². The van der Waals surface area contributed by atoms with Crippen molar-refractivity contribution in [1.29, 1.82) is 0 Å². The molecule has 3 amide bonds. The average molecular weight is 529 g/mol. The fourth-order valence-electron chi connectivity index (χ4n) is 5.17. The highest BCUT2D eigenvalue weighted by Gasteiger charge is 2.36. The van der Waals surface area contributed by atoms with E-state index >= 15 is 0 Å². The summed E-state index contributed by atoms with van der Waals surface area (Å²) >= 11 is 0. The fourth-order valence-corrected chi connectivity index (χ4v) is 5.17. The number of carbonyl (C=O) groups excluding carboxylic acids is 2. The standard InChI is InChI=1S/C32H40N4O3/c1-23(2)35(24(3)4)20-18-33-31(37)30-29-16-15-28(39-22-25-11-7-5-8-12-25)21-26(29)17-19-36(30)32(38)34-27-13-9-6-10-14-27/h5-16,21,23-24,30H,17-20,22H2,1-4H3,(H,33,37)(H,34,38). The smallest absolute Gasteiger partial charge is 0.322 e. The molecule has 3 aromatic carbocycles. The number of nitrogens with one attached hydrogen (secondary N) is 2. The Morgan fingerprint density at radius 1 is 0.949 bits per heavy atom. The molecular formula is C32H40N4O3. The second kappa shape index (κ2) is 13.3. The van der Waals surface area contributed by atoms with Gasteiger partial charge in [-0.2, -0.15) is 0 Å². The predicted molar refractivity (Wildman–Crippen MR) is 156 cm³/mol. The van der Waals surface area contributed by atoms with Crippen molar-refractivity contribution in [2.45, 2.75) is 58.8 Å². The van der Waals surface area contributed by atoms with E-state index in [4.69, 9.17) is 4.74 Å². The Hall–Kier alpha value is -3.84. The van der Waals surface area contributed by atoms with Gasteiger partial charge in [-0.25, -0.2) is 4.79 Å². The van der Waals surface area contributed by atoms with Gasteiger partial charge in [-0.1, -0.05) is 54.6 Å². The first kappa shape index (κ1) is 28.2. The number of urea groups is 1. The van der Waals surface area contributed by atoms with Crippen LogP contribution >= 0.6 is 0 Å². The van der Waals surface area contributed by atoms with Gasteiger partial charge >= 0.3 is 6.03 Å². The van der Waals surface area contributed by atoms with Gasteiger partial charge in [-0.05, 0) is 75.1 Å². The van der Waals surface area contributed by atoms with Crippen LogP contribution in [0.2, 0.25) is 0 Å². The second-order valence-electron chi connectivity index (χ2n) is 10.5. The van der Waals surface area contributed by atoms with Gasteiger partial charge in [0.25, 0.3) is 0 Å². The lowest BCUT2D eigenvalue weighted by molar-refractivity contribution is -0.126. The molecule has 206 valence electrons. The molecule has 0 aromatic heterocycles. The van der Waals surface area contributed by atoms with Gasteiger partial charge in [-0.3, -0.25) is 9.69 Å². The highest BCUT2D eigenvalue weighted by molar-refractivity contribution is 5.95. The van der Waals surface area contributed by atoms with Crippen LogP contribution in [-0.2, 0) is 17.8 Å². The van der Waals surface area contributed by atoms with Crippen molar-refractivity contribution in [3.8, 4) is 5.75 Å². The Morgan fingerprint density at radius 3 is 2.28 bits per heavy atom. The van der Waals surface area contributed by atoms with Crippen molar-refractivity contribution >= 4 is 17.6 Å². The molecule has 1 aliphatic rings. The number of carbonyl (C=O) groups is 2. The van der Waals surface area contributed by atoms with Crippen LogP contribution in [0.15, 0.2) is 78.9 Å². The van der Waals surface area contributed by atoms with Gasteiger partial charge in [0.05, 0.1) is 0 Å². The highest BCUT2D eigenvalue weighted by atomic mass is 16.5. The fraction of sp³-hybridized carbons (Fsp3) is 0.375. The molecule has 3 aromatic rings. The lowest BCUT2D eigenvalue weighted by Gasteiger charge is -2.37. The van der Waals surface area contributed by atoms with Crippen LogP contribution in [0, 0.1) is 0 Å². The maximum Gasteiger partial charge on any atom is 0.322 e. The first-order chi connectivity index (χ1) is 18.8. The molecule has 1 aliphatic heterocycles. The first-order valence-corrected chi connectivity index (χ1v) is 13.8. The molecule has 2 N–H and O–H groups in total. The van der Waals surface area contributed by atoms with Crippen LogP contribution in [0.4, 0.5) is 10.5 Å². The van der Waals surface area contributed by atoms with E-state index in [0.29, 0.717) is 43.9 Å². The molecule has 0 aliphatic carbocycles. The average Bonchev–Trinajstić information content (AvgIpc) is 2.94. The monoisotopic (exact) mass is 528 g/mol. The van der Waals surface area contributed by atoms with E-state index in [1.807, 2.05) is 78.9 Å². The van der Waals surface area contributed by atoms with E-state index in [9.17, 15) is 9.59 Å². The van der Waals surface area contributed by atoms with Gasteiger partial charge in [0.15, 0.2) is 0 Å². The molecule has 7 heteroatoms. The summed E-state index contributed by atoms with van der Waals surface area (Å²) < 4.78 is 6.04. The van der Waals surface area contributed by atoms with E-state index in [1.165, 1.54) is 0 Å². The molecule has 0 spiro atoms. The summed E-state index contributed by atoms with van der Waals surface area (Å²) in [4.78, 5) is 31.0. The lowest BCUT2D eigenvalue weighted by Crippen LogP contribution is -2.50. The molecule has 1 atom stereocenters. The minimum atomic E-state index is -0.729. The summed E-state index contributed by atoms with van der Waals surface area (Å²) in [5, 5.41) is 6.07. The molecule has 39 heavy (non-hydrogen) atoms. The zero-order valence-electron chi connectivity index (χ0n) is 23.4. The van der Waals surface area contributed by atoms with Crippen molar-refractivity contribution < 1.29 is 14.3 Å². The minimum Gasteiger partial charge on any atom is -0.489 e. The number of ether oxygens (including phenoxy) is 1. The van der Waals surface area contributed by atoms with Gasteiger partial charge in [0.2, 0.25) is 5.91 Å². The second-order valence-corrected chi connectivity index (χ2v) is 10.5. The van der Waals surface area contributed by atoms with E-state index in [2.05, 4.69) is 43.2 Å². The summed E-state index contributed by atoms with van der Waals surface area (Å²) in [5.41, 5.74) is 3.64. The largest absolute Gasteiger partial charge is 0.489 e. The number of fused-ring (bicyclic) bond motifs is 1. The van der Waals surface area contributed by atoms with Crippen LogP contribution in [0.5, 0.6) is 5.75 Å². The molecule has 4 rings (SSSR count). The Balaban J connectivity index is 1.53. The van der Waals surface area contributed by atoms with E-state index in [-0.39, 0.29) is 11.9 Å². The third kappa shape index (κ3) is 7.39. The number of amides is 3. The predicted octanol–water partition coefficient (Wildman–Crippen LogP) is 5.63. The molecule has 0 bridgehead atoms. The van der Waals surface area contributed by atoms with Gasteiger partial charge < -0.3 is 20.3 Å². The number of benzene rings is 3. The molecular weight excluding hydrogens is 488 g/mol. The minimum absolute atomic E-state index is 0.176. The number of hydrogen-bond donors (Lipinski definition) is 2. The lowest BCUT2D eigenvalue weighted by atomic mass is 9.92. The van der Waals surface area contributed by atoms with Crippen LogP contribution in [0.3, 0.4) is 0 Å². The Morgan fingerprint density at radius 2 is 1.62 bits per heavy atom. The molecule has 7 nitrogen and oxygen atoms in total. The van der Waals surface area contributed by atoms with Crippen molar-refractivity contribution in [3.05, 3.63) is 95.6 Å². The molecule has 0 saturated heterocycles. The SMILES string of the molecule is CC(C)N(CCNC(=O)C1c2ccc(OCc3ccccc3)cc2CCN1C(=O)Nc1ccccc1)C(C)C. The molecule has 1 unspecified atom stereocenters. The third-order valence-corrected chi connectivity index (χ3v) is 7.12. The quantitative estimate of drug-likeness (QED) is 0.358. The van der Waals surface area contributed by atoms with Gasteiger partial charge in [0.1, 0.15) is 18.4 Å². The third-order valence-electron chi connectivity index (χ3n) is 7.12. The number of anilines is 1. The summed E-state index contributed by atoms with van der Waals surface area (Å²) in [6.07, 6.45) is 0.637. The number of hydrogen-bond acceptors (Lipinski definition) is 4. The van der Waals surface area contributed by atoms with Crippen LogP contribution in [0.25, 0.3) is 0 Å². The zero-order valence-corrected chi connectivity index (χ0v) is 23.4. The summed E-state index contributed by atoms with van der Waals surface area (Å²) in [6, 6.07) is 24.9. The summed E-state index contributed by atoms with van der Waals surface area (Å²) in [7, 11) is 0. The number of nitrogens with zero attached hydrogens (tertiary/aromatic N) is 2. The zero-order chi connectivity index (χ0) is 27.8. The maximum absolute atomic E-state index is 13.7. The van der Waals surface area contributed by atoms with Crippen LogP contribution in [-0.4, -0.2) is 53.5 Å². The van der Waals surface area contributed by atoms with Crippen LogP contribution in [0.1, 0.15) is 50.4 Å². The van der Waals surface area contributed by atoms with Gasteiger partial charge in [-0.15, -0.1) is 0 Å². The van der Waals surface area contributed by atoms with E-state index < -0.39 is 6.04 Å². The Labute approximate surface area is 232 Å². The number of para-hydroxylation sites is 1. The summed E-state index contributed by atoms with van der Waals surface area (Å²) in [5.74, 6) is 0.577. The summed E-state index contributed by atoms with van der Waals surface area (Å²) in [6.45, 7) is 10.8. The highest BCUT2D eigenvalue weighted by Crippen LogP contribution is 2.33. The van der Waals surface area contributed by atoms with E-state index in [1.54, 1.807) is 4.90 Å². The van der Waals surface area contributed by atoms with Crippen molar-refractivity contribution in [3.63, 3.8) is 0 Å². The molecule has 0 fully saturated rings. The van der Waals surface area contributed by atoms with Crippen molar-refractivity contribution in [2.24, 2.45) is 0 Å². The Kier molecular flexibility index (Phi) is 9.60. The first-order valence-electron chi connectivity index (χ1n) is 13.8. The molecule has 1 heterocycles. The maximum atomic E-state index is 13.7. The molecule has 0 radical (unpaired) electrons. The molecule has 0 saturated carbocycles. The Bertz CT molecular complexity index is 1220. The van der Waals surface area contributed by atoms with E-state index in [0.717, 1.165) is 29.0 Å². The normalized spacial score (nSPS) is 14.8.